The molecule has 3 rings (SSSR count). The molecule has 0 radical (unpaired) electrons. The number of likely N-dealkylation sites (tertiary alicyclic amines) is 1. The van der Waals surface area contributed by atoms with Crippen LogP contribution in [0.15, 0.2) is 30.3 Å². The van der Waals surface area contributed by atoms with E-state index in [1.165, 1.54) is 5.56 Å². The molecule has 6 heteroatoms. The summed E-state index contributed by atoms with van der Waals surface area (Å²) in [5.74, 6) is -0.0472. The van der Waals surface area contributed by atoms with Gasteiger partial charge in [-0.05, 0) is 12.0 Å². The molecule has 2 aliphatic rings. The Hall–Kier alpha value is -0.950. The molecule has 2 fully saturated rings. The lowest BCUT2D eigenvalue weighted by atomic mass is 10.1. The highest BCUT2D eigenvalue weighted by atomic mass is 32.2. The molecule has 2 saturated heterocycles. The molecule has 0 unspecified atom stereocenters. The van der Waals surface area contributed by atoms with E-state index in [0.717, 1.165) is 26.1 Å². The van der Waals surface area contributed by atoms with Gasteiger partial charge in [0.25, 0.3) is 0 Å². The number of rotatable bonds is 4. The third-order valence-electron chi connectivity index (χ3n) is 4.29. The van der Waals surface area contributed by atoms with E-state index < -0.39 is 15.9 Å². The van der Waals surface area contributed by atoms with Gasteiger partial charge in [0.05, 0.1) is 17.6 Å². The second kappa shape index (κ2) is 6.04. The first-order valence-corrected chi connectivity index (χ1v) is 9.25. The normalized spacial score (nSPS) is 32.5. The molecular formula is C15H22N2O3S. The molecule has 0 aliphatic carbocycles. The van der Waals surface area contributed by atoms with E-state index in [1.807, 2.05) is 18.2 Å². The Morgan fingerprint density at radius 1 is 1.24 bits per heavy atom. The Labute approximate surface area is 125 Å². The van der Waals surface area contributed by atoms with Crippen molar-refractivity contribution in [1.82, 2.24) is 10.2 Å². The van der Waals surface area contributed by atoms with Crippen molar-refractivity contribution >= 4 is 9.84 Å². The molecule has 3 atom stereocenters. The highest BCUT2D eigenvalue weighted by molar-refractivity contribution is 7.91. The maximum atomic E-state index is 11.5. The summed E-state index contributed by atoms with van der Waals surface area (Å²) in [4.78, 5) is 2.36. The van der Waals surface area contributed by atoms with Crippen LogP contribution in [0, 0.1) is 0 Å². The van der Waals surface area contributed by atoms with Gasteiger partial charge in [-0.2, -0.15) is 0 Å². The average molecular weight is 310 g/mol. The Kier molecular flexibility index (Phi) is 4.31. The molecule has 0 saturated carbocycles. The Bertz CT molecular complexity index is 576. The van der Waals surface area contributed by atoms with E-state index in [-0.39, 0.29) is 23.6 Å². The van der Waals surface area contributed by atoms with Gasteiger partial charge in [0.15, 0.2) is 9.84 Å². The number of hydrogen-bond donors (Lipinski definition) is 2. The molecule has 2 heterocycles. The predicted molar refractivity (Wildman–Crippen MR) is 81.7 cm³/mol. The van der Waals surface area contributed by atoms with Crippen LogP contribution in [-0.2, 0) is 16.4 Å². The molecule has 0 bridgehead atoms. The molecule has 0 amide bonds. The zero-order valence-electron chi connectivity index (χ0n) is 12.0. The summed E-state index contributed by atoms with van der Waals surface area (Å²) in [6.07, 6.45) is 0.231. The van der Waals surface area contributed by atoms with Crippen LogP contribution < -0.4 is 5.32 Å². The van der Waals surface area contributed by atoms with E-state index in [4.69, 9.17) is 0 Å². The number of hydrogen-bond acceptors (Lipinski definition) is 5. The molecule has 1 aromatic carbocycles. The number of sulfone groups is 1. The van der Waals surface area contributed by atoms with Crippen LogP contribution >= 0.6 is 0 Å². The van der Waals surface area contributed by atoms with E-state index in [2.05, 4.69) is 22.3 Å². The van der Waals surface area contributed by atoms with Crippen LogP contribution in [0.1, 0.15) is 12.0 Å². The largest absolute Gasteiger partial charge is 0.390 e. The zero-order chi connectivity index (χ0) is 14.9. The van der Waals surface area contributed by atoms with Crippen molar-refractivity contribution in [3.8, 4) is 0 Å². The summed E-state index contributed by atoms with van der Waals surface area (Å²) in [7, 11) is -3.07. The number of aliphatic hydroxyl groups excluding tert-OH is 1. The summed E-state index contributed by atoms with van der Waals surface area (Å²) in [5, 5.41) is 13.2. The first-order chi connectivity index (χ1) is 10.0. The number of benzene rings is 1. The van der Waals surface area contributed by atoms with Gasteiger partial charge < -0.3 is 10.4 Å². The minimum atomic E-state index is -3.07. The van der Waals surface area contributed by atoms with E-state index >= 15 is 0 Å². The summed E-state index contributed by atoms with van der Waals surface area (Å²) in [6.45, 7) is 2.82. The average Bonchev–Trinajstić information content (AvgIpc) is 2.95. The first-order valence-electron chi connectivity index (χ1n) is 7.43. The standard InChI is InChI=1S/C15H22N2O3S/c18-15-11-21(19,20)10-14(15)16-13-6-7-17(9-13)8-12-4-2-1-3-5-12/h1-5,13-16,18H,6-11H2/t13-,14-,15+/m1/s1. The summed E-state index contributed by atoms with van der Waals surface area (Å²) in [6, 6.07) is 10.3. The van der Waals surface area contributed by atoms with E-state index in [9.17, 15) is 13.5 Å². The lowest BCUT2D eigenvalue weighted by Crippen LogP contribution is -2.46. The molecule has 21 heavy (non-hydrogen) atoms. The van der Waals surface area contributed by atoms with Gasteiger partial charge in [0.1, 0.15) is 0 Å². The van der Waals surface area contributed by atoms with Gasteiger partial charge >= 0.3 is 0 Å². The first kappa shape index (κ1) is 15.0. The molecule has 0 spiro atoms. The van der Waals surface area contributed by atoms with Gasteiger partial charge in [-0.3, -0.25) is 4.90 Å². The SMILES string of the molecule is O=S1(=O)C[C@H](O)[C@H](N[C@@H]2CCN(Cc3ccccc3)C2)C1. The van der Waals surface area contributed by atoms with Crippen molar-refractivity contribution in [3.63, 3.8) is 0 Å². The van der Waals surface area contributed by atoms with Crippen LogP contribution in [0.3, 0.4) is 0 Å². The Balaban J connectivity index is 1.51. The summed E-state index contributed by atoms with van der Waals surface area (Å²) < 4.78 is 23.0. The molecule has 2 N–H and O–H groups in total. The smallest absolute Gasteiger partial charge is 0.154 e. The number of aliphatic hydroxyl groups is 1. The van der Waals surface area contributed by atoms with Gasteiger partial charge in [0, 0.05) is 31.7 Å². The van der Waals surface area contributed by atoms with Crippen molar-refractivity contribution in [3.05, 3.63) is 35.9 Å². The monoisotopic (exact) mass is 310 g/mol. The fourth-order valence-electron chi connectivity index (χ4n) is 3.24. The van der Waals surface area contributed by atoms with Crippen molar-refractivity contribution in [2.24, 2.45) is 0 Å². The Morgan fingerprint density at radius 3 is 2.67 bits per heavy atom. The Morgan fingerprint density at radius 2 is 2.00 bits per heavy atom. The molecule has 116 valence electrons. The van der Waals surface area contributed by atoms with Crippen molar-refractivity contribution < 1.29 is 13.5 Å². The molecule has 5 nitrogen and oxygen atoms in total. The maximum absolute atomic E-state index is 11.5. The van der Waals surface area contributed by atoms with Crippen molar-refractivity contribution in [1.29, 1.82) is 0 Å². The highest BCUT2D eigenvalue weighted by Gasteiger charge is 2.38. The quantitative estimate of drug-likeness (QED) is 0.820. The maximum Gasteiger partial charge on any atom is 0.154 e. The fraction of sp³-hybridized carbons (Fsp3) is 0.600. The van der Waals surface area contributed by atoms with Crippen molar-refractivity contribution in [2.75, 3.05) is 24.6 Å². The fourth-order valence-corrected chi connectivity index (χ4v) is 5.00. The summed E-state index contributed by atoms with van der Waals surface area (Å²) in [5.41, 5.74) is 1.29. The van der Waals surface area contributed by atoms with Crippen LogP contribution in [0.5, 0.6) is 0 Å². The topological polar surface area (TPSA) is 69.6 Å². The van der Waals surface area contributed by atoms with Crippen LogP contribution in [0.2, 0.25) is 0 Å². The minimum Gasteiger partial charge on any atom is -0.390 e. The van der Waals surface area contributed by atoms with E-state index in [1.54, 1.807) is 0 Å². The second-order valence-corrected chi connectivity index (χ2v) is 8.28. The van der Waals surface area contributed by atoms with Gasteiger partial charge in [0.2, 0.25) is 0 Å². The third-order valence-corrected chi connectivity index (χ3v) is 6.01. The third kappa shape index (κ3) is 3.83. The molecule has 2 aliphatic heterocycles. The lowest BCUT2D eigenvalue weighted by Gasteiger charge is -2.21. The van der Waals surface area contributed by atoms with Crippen LogP contribution in [-0.4, -0.2) is 61.2 Å². The second-order valence-electron chi connectivity index (χ2n) is 6.12. The van der Waals surface area contributed by atoms with Gasteiger partial charge in [-0.25, -0.2) is 8.42 Å². The molecular weight excluding hydrogens is 288 g/mol. The van der Waals surface area contributed by atoms with Gasteiger partial charge in [-0.15, -0.1) is 0 Å². The van der Waals surface area contributed by atoms with Crippen LogP contribution in [0.25, 0.3) is 0 Å². The molecule has 1 aromatic rings. The van der Waals surface area contributed by atoms with E-state index in [0.29, 0.717) is 0 Å². The number of nitrogens with one attached hydrogen (secondary N) is 1. The highest BCUT2D eigenvalue weighted by Crippen LogP contribution is 2.18. The lowest BCUT2D eigenvalue weighted by molar-refractivity contribution is 0.158. The summed E-state index contributed by atoms with van der Waals surface area (Å²) >= 11 is 0. The zero-order valence-corrected chi connectivity index (χ0v) is 12.8. The minimum absolute atomic E-state index is 0.0589. The van der Waals surface area contributed by atoms with Crippen molar-refractivity contribution in [2.45, 2.75) is 31.2 Å². The van der Waals surface area contributed by atoms with Crippen LogP contribution in [0.4, 0.5) is 0 Å². The number of nitrogens with zero attached hydrogens (tertiary/aromatic N) is 1. The predicted octanol–water partition coefficient (Wildman–Crippen LogP) is 0.00840. The van der Waals surface area contributed by atoms with Gasteiger partial charge in [-0.1, -0.05) is 30.3 Å². The molecule has 0 aromatic heterocycles.